The molecule has 22 heavy (non-hydrogen) atoms. The molecular weight excluding hydrogens is 286 g/mol. The van der Waals surface area contributed by atoms with Gasteiger partial charge in [-0.2, -0.15) is 5.26 Å². The molecule has 0 spiro atoms. The van der Waals surface area contributed by atoms with E-state index in [1.807, 2.05) is 4.90 Å². The van der Waals surface area contributed by atoms with E-state index in [2.05, 4.69) is 6.07 Å². The number of amides is 1. The standard InChI is InChI=1S/C15H25N3O4/c1-11(7-16)8-17(5)15(6-12(19)20)9-18(10-15)13(21)22-14(2,3)4/h11H,6,8-10H2,1-5H3,(H,19,20). The molecule has 0 aromatic rings. The highest BCUT2D eigenvalue weighted by molar-refractivity contribution is 5.73. The number of carboxylic acid groups (broad SMARTS) is 1. The number of rotatable bonds is 5. The molecule has 0 radical (unpaired) electrons. The highest BCUT2D eigenvalue weighted by Crippen LogP contribution is 2.32. The van der Waals surface area contributed by atoms with Gasteiger partial charge in [0, 0.05) is 19.6 Å². The second-order valence-corrected chi connectivity index (χ2v) is 7.04. The second kappa shape index (κ2) is 6.53. The first-order valence-electron chi connectivity index (χ1n) is 7.30. The Balaban J connectivity index is 2.73. The topological polar surface area (TPSA) is 93.9 Å². The van der Waals surface area contributed by atoms with Gasteiger partial charge in [-0.1, -0.05) is 0 Å². The smallest absolute Gasteiger partial charge is 0.410 e. The van der Waals surface area contributed by atoms with E-state index in [0.717, 1.165) is 0 Å². The Labute approximate surface area is 131 Å². The third kappa shape index (κ3) is 4.60. The number of nitriles is 1. The van der Waals surface area contributed by atoms with Gasteiger partial charge in [0.25, 0.3) is 0 Å². The molecule has 7 heteroatoms. The van der Waals surface area contributed by atoms with Crippen LogP contribution in [0.4, 0.5) is 4.79 Å². The summed E-state index contributed by atoms with van der Waals surface area (Å²) in [7, 11) is 1.79. The fourth-order valence-corrected chi connectivity index (χ4v) is 2.53. The van der Waals surface area contributed by atoms with E-state index >= 15 is 0 Å². The van der Waals surface area contributed by atoms with Crippen LogP contribution in [0.2, 0.25) is 0 Å². The summed E-state index contributed by atoms with van der Waals surface area (Å²) < 4.78 is 5.29. The molecule has 1 heterocycles. The second-order valence-electron chi connectivity index (χ2n) is 7.04. The van der Waals surface area contributed by atoms with Crippen LogP contribution in [0.5, 0.6) is 0 Å². The zero-order valence-corrected chi connectivity index (χ0v) is 13.9. The van der Waals surface area contributed by atoms with Gasteiger partial charge in [-0.05, 0) is 34.7 Å². The largest absolute Gasteiger partial charge is 0.481 e. The maximum atomic E-state index is 12.0. The number of nitrogens with zero attached hydrogens (tertiary/aromatic N) is 3. The molecule has 1 fully saturated rings. The summed E-state index contributed by atoms with van der Waals surface area (Å²) in [6.45, 7) is 8.20. The predicted octanol–water partition coefficient (Wildman–Crippen LogP) is 1.54. The Hall–Kier alpha value is -1.81. The predicted molar refractivity (Wildman–Crippen MR) is 80.2 cm³/mol. The zero-order chi connectivity index (χ0) is 17.1. The molecule has 1 aliphatic heterocycles. The number of carbonyl (C=O) groups is 2. The summed E-state index contributed by atoms with van der Waals surface area (Å²) >= 11 is 0. The van der Waals surface area contributed by atoms with Crippen molar-refractivity contribution < 1.29 is 19.4 Å². The molecule has 0 saturated carbocycles. The summed E-state index contributed by atoms with van der Waals surface area (Å²) in [6.07, 6.45) is -0.503. The lowest BCUT2D eigenvalue weighted by molar-refractivity contribution is -0.145. The fourth-order valence-electron chi connectivity index (χ4n) is 2.53. The molecule has 0 aromatic heterocycles. The monoisotopic (exact) mass is 311 g/mol. The lowest BCUT2D eigenvalue weighted by Crippen LogP contribution is -2.71. The average molecular weight is 311 g/mol. The van der Waals surface area contributed by atoms with E-state index in [1.165, 1.54) is 4.90 Å². The summed E-state index contributed by atoms with van der Waals surface area (Å²) in [6, 6.07) is 2.14. The highest BCUT2D eigenvalue weighted by Gasteiger charge is 2.50. The van der Waals surface area contributed by atoms with Crippen molar-refractivity contribution in [1.29, 1.82) is 5.26 Å². The average Bonchev–Trinajstić information content (AvgIpc) is 2.29. The van der Waals surface area contributed by atoms with Gasteiger partial charge in [0.1, 0.15) is 5.60 Å². The molecule has 0 aliphatic carbocycles. The van der Waals surface area contributed by atoms with Crippen molar-refractivity contribution in [3.63, 3.8) is 0 Å². The molecule has 1 saturated heterocycles. The third-order valence-electron chi connectivity index (χ3n) is 3.68. The van der Waals surface area contributed by atoms with E-state index in [1.54, 1.807) is 34.7 Å². The van der Waals surface area contributed by atoms with Crippen LogP contribution in [0.1, 0.15) is 34.1 Å². The Kier molecular flexibility index (Phi) is 5.41. The Bertz CT molecular complexity index is 472. The van der Waals surface area contributed by atoms with Crippen LogP contribution < -0.4 is 0 Å². The number of aliphatic carboxylic acids is 1. The number of likely N-dealkylation sites (tertiary alicyclic amines) is 1. The van der Waals surface area contributed by atoms with Gasteiger partial charge < -0.3 is 14.7 Å². The van der Waals surface area contributed by atoms with Crippen LogP contribution in [-0.4, -0.2) is 64.8 Å². The maximum Gasteiger partial charge on any atom is 0.410 e. The van der Waals surface area contributed by atoms with Crippen molar-refractivity contribution in [1.82, 2.24) is 9.80 Å². The van der Waals surface area contributed by atoms with Crippen molar-refractivity contribution in [2.24, 2.45) is 5.92 Å². The molecule has 1 aliphatic rings. The molecule has 1 unspecified atom stereocenters. The van der Waals surface area contributed by atoms with Crippen LogP contribution in [-0.2, 0) is 9.53 Å². The number of likely N-dealkylation sites (N-methyl/N-ethyl adjacent to an activating group) is 1. The molecule has 124 valence electrons. The van der Waals surface area contributed by atoms with Gasteiger partial charge in [-0.25, -0.2) is 4.79 Å². The maximum absolute atomic E-state index is 12.0. The van der Waals surface area contributed by atoms with E-state index in [9.17, 15) is 9.59 Å². The minimum atomic E-state index is -0.916. The number of carboxylic acids is 1. The first kappa shape index (κ1) is 18.2. The van der Waals surface area contributed by atoms with Gasteiger partial charge in [0.15, 0.2) is 0 Å². The van der Waals surface area contributed by atoms with Crippen LogP contribution in [0.15, 0.2) is 0 Å². The van der Waals surface area contributed by atoms with Gasteiger partial charge in [0.05, 0.1) is 23.9 Å². The molecule has 1 rings (SSSR count). The van der Waals surface area contributed by atoms with Crippen LogP contribution in [0, 0.1) is 17.2 Å². The molecule has 7 nitrogen and oxygen atoms in total. The number of carbonyl (C=O) groups excluding carboxylic acids is 1. The Morgan fingerprint density at radius 1 is 1.45 bits per heavy atom. The normalized spacial score (nSPS) is 18.3. The molecule has 1 N–H and O–H groups in total. The molecular formula is C15H25N3O4. The number of ether oxygens (including phenoxy) is 1. The minimum Gasteiger partial charge on any atom is -0.481 e. The van der Waals surface area contributed by atoms with Gasteiger partial charge in [-0.15, -0.1) is 0 Å². The minimum absolute atomic E-state index is 0.0685. The highest BCUT2D eigenvalue weighted by atomic mass is 16.6. The van der Waals surface area contributed by atoms with E-state index < -0.39 is 23.2 Å². The molecule has 1 atom stereocenters. The summed E-state index contributed by atoms with van der Waals surface area (Å²) in [5.41, 5.74) is -1.21. The van der Waals surface area contributed by atoms with Crippen molar-refractivity contribution >= 4 is 12.1 Å². The van der Waals surface area contributed by atoms with Gasteiger partial charge in [0.2, 0.25) is 0 Å². The summed E-state index contributed by atoms with van der Waals surface area (Å²) in [5, 5.41) is 18.1. The van der Waals surface area contributed by atoms with E-state index in [4.69, 9.17) is 15.1 Å². The molecule has 1 amide bonds. The zero-order valence-electron chi connectivity index (χ0n) is 13.9. The molecule has 0 bridgehead atoms. The fraction of sp³-hybridized carbons (Fsp3) is 0.800. The lowest BCUT2D eigenvalue weighted by Gasteiger charge is -2.54. The van der Waals surface area contributed by atoms with Crippen LogP contribution in [0.25, 0.3) is 0 Å². The van der Waals surface area contributed by atoms with Crippen molar-refractivity contribution in [2.75, 3.05) is 26.7 Å². The van der Waals surface area contributed by atoms with E-state index in [-0.39, 0.29) is 12.3 Å². The molecule has 0 aromatic carbocycles. The van der Waals surface area contributed by atoms with Crippen LogP contribution in [0.3, 0.4) is 0 Å². The van der Waals surface area contributed by atoms with Gasteiger partial charge in [-0.3, -0.25) is 9.69 Å². The van der Waals surface area contributed by atoms with E-state index in [0.29, 0.717) is 19.6 Å². The Morgan fingerprint density at radius 3 is 2.41 bits per heavy atom. The lowest BCUT2D eigenvalue weighted by atomic mass is 9.84. The van der Waals surface area contributed by atoms with Crippen LogP contribution >= 0.6 is 0 Å². The quantitative estimate of drug-likeness (QED) is 0.827. The summed E-state index contributed by atoms with van der Waals surface area (Å²) in [4.78, 5) is 26.5. The number of hydrogen-bond donors (Lipinski definition) is 1. The van der Waals surface area contributed by atoms with Gasteiger partial charge >= 0.3 is 12.1 Å². The van der Waals surface area contributed by atoms with Crippen molar-refractivity contribution in [3.8, 4) is 6.07 Å². The SMILES string of the molecule is CC(C#N)CN(C)C1(CC(=O)O)CN(C(=O)OC(C)(C)C)C1. The number of hydrogen-bond acceptors (Lipinski definition) is 5. The first-order chi connectivity index (χ1) is 9.99. The van der Waals surface area contributed by atoms with Crippen molar-refractivity contribution in [2.45, 2.75) is 45.3 Å². The third-order valence-corrected chi connectivity index (χ3v) is 3.68. The Morgan fingerprint density at radius 2 is 2.00 bits per heavy atom. The first-order valence-corrected chi connectivity index (χ1v) is 7.30. The summed E-state index contributed by atoms with van der Waals surface area (Å²) in [5.74, 6) is -1.12. The van der Waals surface area contributed by atoms with Crippen molar-refractivity contribution in [3.05, 3.63) is 0 Å².